The summed E-state index contributed by atoms with van der Waals surface area (Å²) >= 11 is 0. The highest BCUT2D eigenvalue weighted by molar-refractivity contribution is 5.89. The molecule has 0 radical (unpaired) electrons. The second-order valence-corrected chi connectivity index (χ2v) is 5.67. The van der Waals surface area contributed by atoms with Gasteiger partial charge < -0.3 is 10.6 Å². The largest absolute Gasteiger partial charge is 0.328 e. The van der Waals surface area contributed by atoms with Gasteiger partial charge in [-0.25, -0.2) is 0 Å². The highest BCUT2D eigenvalue weighted by atomic mass is 15.2. The quantitative estimate of drug-likeness (QED) is 0.536. The molecular formula is C21H18N2. The zero-order valence-electron chi connectivity index (χ0n) is 12.8. The Bertz CT molecular complexity index is 896. The van der Waals surface area contributed by atoms with Crippen molar-refractivity contribution in [2.24, 2.45) is 5.73 Å². The summed E-state index contributed by atoms with van der Waals surface area (Å²) in [5.74, 6) is 0. The molecule has 0 atom stereocenters. The van der Waals surface area contributed by atoms with Crippen LogP contribution in [0.3, 0.4) is 0 Å². The highest BCUT2D eigenvalue weighted by Crippen LogP contribution is 2.30. The van der Waals surface area contributed by atoms with Gasteiger partial charge in [0.05, 0.1) is 6.67 Å². The Morgan fingerprint density at radius 2 is 1.00 bits per heavy atom. The molecule has 4 aromatic rings. The molecule has 4 rings (SSSR count). The maximum absolute atomic E-state index is 6.05. The van der Waals surface area contributed by atoms with Gasteiger partial charge in [0.15, 0.2) is 0 Å². The summed E-state index contributed by atoms with van der Waals surface area (Å²) in [6.07, 6.45) is 0. The maximum Gasteiger partial charge on any atom is 0.0706 e. The molecule has 0 aliphatic carbocycles. The van der Waals surface area contributed by atoms with E-state index >= 15 is 0 Å². The standard InChI is InChI=1S/C21H18N2/c22-15-23(20-11-9-16-5-1-3-7-18(16)13-20)21-12-10-17-6-2-4-8-19(17)14-21/h1-14H,15,22H2. The lowest BCUT2D eigenvalue weighted by Gasteiger charge is -2.24. The number of hydrogen-bond acceptors (Lipinski definition) is 2. The van der Waals surface area contributed by atoms with Gasteiger partial charge in [0.1, 0.15) is 0 Å². The average Bonchev–Trinajstić information content (AvgIpc) is 2.62. The first-order chi connectivity index (χ1) is 11.3. The van der Waals surface area contributed by atoms with Crippen LogP contribution in [0.4, 0.5) is 11.4 Å². The first-order valence-corrected chi connectivity index (χ1v) is 7.80. The fraction of sp³-hybridized carbons (Fsp3) is 0.0476. The SMILES string of the molecule is NCN(c1ccc2ccccc2c1)c1ccc2ccccc2c1. The molecule has 2 nitrogen and oxygen atoms in total. The molecule has 0 heterocycles. The van der Waals surface area contributed by atoms with E-state index in [2.05, 4.69) is 89.8 Å². The van der Waals surface area contributed by atoms with Crippen molar-refractivity contribution in [1.82, 2.24) is 0 Å². The second kappa shape index (κ2) is 5.75. The first kappa shape index (κ1) is 13.8. The van der Waals surface area contributed by atoms with Crippen molar-refractivity contribution in [1.29, 1.82) is 0 Å². The zero-order chi connectivity index (χ0) is 15.6. The molecular weight excluding hydrogens is 280 g/mol. The van der Waals surface area contributed by atoms with Crippen molar-refractivity contribution in [3.05, 3.63) is 84.9 Å². The van der Waals surface area contributed by atoms with Crippen LogP contribution >= 0.6 is 0 Å². The minimum atomic E-state index is 0.441. The second-order valence-electron chi connectivity index (χ2n) is 5.67. The Morgan fingerprint density at radius 1 is 0.565 bits per heavy atom. The summed E-state index contributed by atoms with van der Waals surface area (Å²) in [6.45, 7) is 0.441. The lowest BCUT2D eigenvalue weighted by molar-refractivity contribution is 0.985. The van der Waals surface area contributed by atoms with Gasteiger partial charge in [-0.05, 0) is 45.8 Å². The predicted molar refractivity (Wildman–Crippen MR) is 99.1 cm³/mol. The summed E-state index contributed by atoms with van der Waals surface area (Å²) in [4.78, 5) is 2.14. The molecule has 0 saturated carbocycles. The number of hydrogen-bond donors (Lipinski definition) is 1. The van der Waals surface area contributed by atoms with Gasteiger partial charge in [0.2, 0.25) is 0 Å². The molecule has 0 fully saturated rings. The van der Waals surface area contributed by atoms with Gasteiger partial charge in [-0.1, -0.05) is 60.7 Å². The molecule has 0 saturated heterocycles. The number of rotatable bonds is 3. The third kappa shape index (κ3) is 2.54. The van der Waals surface area contributed by atoms with Crippen molar-refractivity contribution < 1.29 is 0 Å². The fourth-order valence-electron chi connectivity index (χ4n) is 3.05. The zero-order valence-corrected chi connectivity index (χ0v) is 12.8. The Balaban J connectivity index is 1.81. The van der Waals surface area contributed by atoms with Gasteiger partial charge in [-0.3, -0.25) is 0 Å². The van der Waals surface area contributed by atoms with E-state index in [0.717, 1.165) is 11.4 Å². The van der Waals surface area contributed by atoms with E-state index in [1.807, 2.05) is 0 Å². The third-order valence-corrected chi connectivity index (χ3v) is 4.27. The molecule has 0 aliphatic heterocycles. The van der Waals surface area contributed by atoms with Crippen LogP contribution in [0.25, 0.3) is 21.5 Å². The van der Waals surface area contributed by atoms with Crippen molar-refractivity contribution in [2.75, 3.05) is 11.6 Å². The van der Waals surface area contributed by atoms with Crippen molar-refractivity contribution in [2.45, 2.75) is 0 Å². The summed E-state index contributed by atoms with van der Waals surface area (Å²) in [6, 6.07) is 29.7. The number of benzene rings is 4. The molecule has 0 amide bonds. The number of nitrogens with two attached hydrogens (primary N) is 1. The predicted octanol–water partition coefficient (Wildman–Crippen LogP) is 5.05. The Hall–Kier alpha value is -2.84. The van der Waals surface area contributed by atoms with E-state index in [4.69, 9.17) is 5.73 Å². The van der Waals surface area contributed by atoms with E-state index in [9.17, 15) is 0 Å². The van der Waals surface area contributed by atoms with Crippen molar-refractivity contribution in [3.63, 3.8) is 0 Å². The lowest BCUT2D eigenvalue weighted by Crippen LogP contribution is -2.24. The van der Waals surface area contributed by atoms with E-state index in [-0.39, 0.29) is 0 Å². The lowest BCUT2D eigenvalue weighted by atomic mass is 10.1. The monoisotopic (exact) mass is 298 g/mol. The minimum Gasteiger partial charge on any atom is -0.328 e. The van der Waals surface area contributed by atoms with Gasteiger partial charge in [0.25, 0.3) is 0 Å². The topological polar surface area (TPSA) is 29.3 Å². The van der Waals surface area contributed by atoms with Crippen LogP contribution in [0.1, 0.15) is 0 Å². The minimum absolute atomic E-state index is 0.441. The Kier molecular flexibility index (Phi) is 3.45. The summed E-state index contributed by atoms with van der Waals surface area (Å²) in [5.41, 5.74) is 8.28. The van der Waals surface area contributed by atoms with Crippen molar-refractivity contribution >= 4 is 32.9 Å². The third-order valence-electron chi connectivity index (χ3n) is 4.27. The number of anilines is 2. The van der Waals surface area contributed by atoms with Gasteiger partial charge in [-0.2, -0.15) is 0 Å². The first-order valence-electron chi connectivity index (χ1n) is 7.80. The Labute approximate surface area is 135 Å². The van der Waals surface area contributed by atoms with Crippen LogP contribution in [0, 0.1) is 0 Å². The maximum atomic E-state index is 6.05. The van der Waals surface area contributed by atoms with Gasteiger partial charge in [0, 0.05) is 11.4 Å². The van der Waals surface area contributed by atoms with Gasteiger partial charge in [-0.15, -0.1) is 0 Å². The van der Waals surface area contributed by atoms with E-state index in [1.54, 1.807) is 0 Å². The van der Waals surface area contributed by atoms with Crippen LogP contribution in [-0.2, 0) is 0 Å². The summed E-state index contributed by atoms with van der Waals surface area (Å²) < 4.78 is 0. The van der Waals surface area contributed by atoms with Crippen LogP contribution in [0.15, 0.2) is 84.9 Å². The highest BCUT2D eigenvalue weighted by Gasteiger charge is 2.09. The van der Waals surface area contributed by atoms with Crippen molar-refractivity contribution in [3.8, 4) is 0 Å². The summed E-state index contributed by atoms with van der Waals surface area (Å²) in [7, 11) is 0. The number of fused-ring (bicyclic) bond motifs is 2. The van der Waals surface area contributed by atoms with Crippen LogP contribution in [0.5, 0.6) is 0 Å². The molecule has 2 heteroatoms. The van der Waals surface area contributed by atoms with Gasteiger partial charge >= 0.3 is 0 Å². The smallest absolute Gasteiger partial charge is 0.0706 e. The van der Waals surface area contributed by atoms with E-state index in [1.165, 1.54) is 21.5 Å². The molecule has 0 spiro atoms. The Morgan fingerprint density at radius 3 is 1.43 bits per heavy atom. The van der Waals surface area contributed by atoms with Crippen LogP contribution < -0.4 is 10.6 Å². The normalized spacial score (nSPS) is 11.0. The molecule has 0 aromatic heterocycles. The molecule has 4 aromatic carbocycles. The molecule has 0 aliphatic rings. The fourth-order valence-corrected chi connectivity index (χ4v) is 3.05. The summed E-state index contributed by atoms with van der Waals surface area (Å²) in [5, 5.41) is 4.94. The number of nitrogens with zero attached hydrogens (tertiary/aromatic N) is 1. The average molecular weight is 298 g/mol. The van der Waals surface area contributed by atoms with Crippen LogP contribution in [0.2, 0.25) is 0 Å². The van der Waals surface area contributed by atoms with Crippen LogP contribution in [-0.4, -0.2) is 6.67 Å². The molecule has 0 bridgehead atoms. The molecule has 23 heavy (non-hydrogen) atoms. The van der Waals surface area contributed by atoms with E-state index < -0.39 is 0 Å². The molecule has 0 unspecified atom stereocenters. The molecule has 112 valence electrons. The molecule has 2 N–H and O–H groups in total. The van der Waals surface area contributed by atoms with E-state index in [0.29, 0.717) is 6.67 Å².